The summed E-state index contributed by atoms with van der Waals surface area (Å²) in [4.78, 5) is 18.3. The molecule has 2 aromatic rings. The summed E-state index contributed by atoms with van der Waals surface area (Å²) in [7, 11) is 0. The molecule has 0 amide bonds. The van der Waals surface area contributed by atoms with Crippen LogP contribution >= 0.6 is 0 Å². The van der Waals surface area contributed by atoms with E-state index < -0.39 is 5.82 Å². The van der Waals surface area contributed by atoms with E-state index in [1.807, 2.05) is 6.07 Å². The van der Waals surface area contributed by atoms with Crippen LogP contribution in [0.2, 0.25) is 0 Å². The van der Waals surface area contributed by atoms with Gasteiger partial charge in [0.1, 0.15) is 12.1 Å². The van der Waals surface area contributed by atoms with Crippen LogP contribution in [0.15, 0.2) is 31.0 Å². The number of hydrogen-bond acceptors (Lipinski definition) is 7. The van der Waals surface area contributed by atoms with Gasteiger partial charge in [-0.25, -0.2) is 24.3 Å². The largest absolute Gasteiger partial charge is 0.371 e. The van der Waals surface area contributed by atoms with E-state index in [2.05, 4.69) is 30.2 Å². The first-order valence-corrected chi connectivity index (χ1v) is 7.61. The van der Waals surface area contributed by atoms with Gasteiger partial charge in [-0.2, -0.15) is 0 Å². The smallest absolute Gasteiger partial charge is 0.223 e. The number of aromatic nitrogens is 4. The average molecular weight is 316 g/mol. The zero-order valence-electron chi connectivity index (χ0n) is 12.5. The molecule has 0 radical (unpaired) electrons. The van der Waals surface area contributed by atoms with E-state index in [9.17, 15) is 4.39 Å². The Labute approximate surface area is 132 Å². The summed E-state index contributed by atoms with van der Waals surface area (Å²) in [6, 6.07) is 2.04. The first-order valence-electron chi connectivity index (χ1n) is 7.61. The predicted molar refractivity (Wildman–Crippen MR) is 81.6 cm³/mol. The molecular weight excluding hydrogens is 299 g/mol. The first kappa shape index (κ1) is 14.3. The lowest BCUT2D eigenvalue weighted by Crippen LogP contribution is -2.34. The van der Waals surface area contributed by atoms with Gasteiger partial charge in [-0.3, -0.25) is 0 Å². The summed E-state index contributed by atoms with van der Waals surface area (Å²) < 4.78 is 18.9. The maximum atomic E-state index is 12.9. The van der Waals surface area contributed by atoms with Gasteiger partial charge in [0, 0.05) is 25.7 Å². The lowest BCUT2D eigenvalue weighted by Gasteiger charge is -2.23. The van der Waals surface area contributed by atoms with Crippen molar-refractivity contribution in [3.8, 4) is 0 Å². The fourth-order valence-electron chi connectivity index (χ4n) is 3.30. The molecule has 2 fully saturated rings. The van der Waals surface area contributed by atoms with E-state index >= 15 is 0 Å². The number of rotatable bonds is 3. The highest BCUT2D eigenvalue weighted by molar-refractivity contribution is 5.40. The van der Waals surface area contributed by atoms with Crippen molar-refractivity contribution in [2.75, 3.05) is 29.9 Å². The quantitative estimate of drug-likeness (QED) is 0.913. The monoisotopic (exact) mass is 316 g/mol. The van der Waals surface area contributed by atoms with E-state index in [1.54, 1.807) is 12.5 Å². The van der Waals surface area contributed by atoms with Crippen LogP contribution in [0, 0.1) is 5.82 Å². The van der Waals surface area contributed by atoms with Crippen molar-refractivity contribution >= 4 is 11.8 Å². The molecule has 2 aromatic heterocycles. The van der Waals surface area contributed by atoms with Crippen LogP contribution in [0.1, 0.15) is 12.8 Å². The molecule has 0 aromatic carbocycles. The van der Waals surface area contributed by atoms with Gasteiger partial charge in [-0.05, 0) is 12.5 Å². The van der Waals surface area contributed by atoms with Crippen molar-refractivity contribution < 1.29 is 9.13 Å². The molecule has 23 heavy (non-hydrogen) atoms. The van der Waals surface area contributed by atoms with Crippen molar-refractivity contribution in [1.82, 2.24) is 19.9 Å². The van der Waals surface area contributed by atoms with Crippen molar-refractivity contribution in [1.29, 1.82) is 0 Å². The minimum Gasteiger partial charge on any atom is -0.371 e. The van der Waals surface area contributed by atoms with E-state index in [4.69, 9.17) is 4.74 Å². The topological polar surface area (TPSA) is 76.1 Å². The third kappa shape index (κ3) is 2.94. The maximum absolute atomic E-state index is 12.9. The highest BCUT2D eigenvalue weighted by atomic mass is 19.1. The predicted octanol–water partition coefficient (Wildman–Crippen LogP) is 1.26. The molecule has 0 aliphatic carbocycles. The van der Waals surface area contributed by atoms with Crippen LogP contribution in [-0.4, -0.2) is 51.3 Å². The minimum absolute atomic E-state index is 0.130. The molecule has 2 atom stereocenters. The molecule has 7 nitrogen and oxygen atoms in total. The second-order valence-electron chi connectivity index (χ2n) is 6.00. The highest BCUT2D eigenvalue weighted by Gasteiger charge is 2.46. The van der Waals surface area contributed by atoms with Crippen LogP contribution in [0.25, 0.3) is 0 Å². The lowest BCUT2D eigenvalue weighted by atomic mass is 9.97. The second-order valence-corrected chi connectivity index (χ2v) is 6.00. The number of ether oxygens (including phenoxy) is 1. The Morgan fingerprint density at radius 2 is 2.17 bits per heavy atom. The van der Waals surface area contributed by atoms with Gasteiger partial charge in [0.2, 0.25) is 5.95 Å². The number of hydrogen-bond donors (Lipinski definition) is 1. The molecule has 0 saturated carbocycles. The fraction of sp³-hybridized carbons (Fsp3) is 0.467. The normalized spacial score (nSPS) is 26.8. The average Bonchev–Trinajstić information content (AvgIpc) is 3.18. The maximum Gasteiger partial charge on any atom is 0.223 e. The van der Waals surface area contributed by atoms with E-state index in [0.29, 0.717) is 12.6 Å². The fourth-order valence-corrected chi connectivity index (χ4v) is 3.30. The van der Waals surface area contributed by atoms with Crippen LogP contribution in [0.4, 0.5) is 16.2 Å². The Kier molecular flexibility index (Phi) is 3.53. The molecule has 2 aliphatic rings. The molecule has 120 valence electrons. The molecular formula is C15H17FN6O. The van der Waals surface area contributed by atoms with Crippen molar-refractivity contribution in [3.63, 3.8) is 0 Å². The van der Waals surface area contributed by atoms with E-state index in [1.165, 1.54) is 0 Å². The molecule has 2 aliphatic heterocycles. The lowest BCUT2D eigenvalue weighted by molar-refractivity contribution is 0.0228. The SMILES string of the molecule is Fc1cnc(N[C@@H]2CO[C@]3(CCN(c4ccncn4)C3)C2)nc1. The minimum atomic E-state index is -0.439. The molecule has 2 saturated heterocycles. The van der Waals surface area contributed by atoms with Crippen molar-refractivity contribution in [3.05, 3.63) is 36.8 Å². The Morgan fingerprint density at radius 1 is 1.30 bits per heavy atom. The molecule has 4 rings (SSSR count). The number of nitrogens with one attached hydrogen (secondary N) is 1. The summed E-state index contributed by atoms with van der Waals surface area (Å²) in [5.74, 6) is 0.924. The Hall–Kier alpha value is -2.35. The Bertz CT molecular complexity index is 669. The molecule has 8 heteroatoms. The summed E-state index contributed by atoms with van der Waals surface area (Å²) in [5.41, 5.74) is -0.164. The van der Waals surface area contributed by atoms with Gasteiger partial charge >= 0.3 is 0 Å². The van der Waals surface area contributed by atoms with Crippen molar-refractivity contribution in [2.45, 2.75) is 24.5 Å². The third-order valence-corrected chi connectivity index (χ3v) is 4.37. The van der Waals surface area contributed by atoms with Crippen LogP contribution in [0.5, 0.6) is 0 Å². The van der Waals surface area contributed by atoms with Gasteiger partial charge in [-0.1, -0.05) is 0 Å². The van der Waals surface area contributed by atoms with Crippen LogP contribution in [0.3, 0.4) is 0 Å². The second kappa shape index (κ2) is 5.69. The molecule has 0 unspecified atom stereocenters. The van der Waals surface area contributed by atoms with Gasteiger partial charge in [0.25, 0.3) is 0 Å². The number of anilines is 2. The molecule has 1 N–H and O–H groups in total. The number of halogens is 1. The van der Waals surface area contributed by atoms with Gasteiger partial charge in [0.05, 0.1) is 30.6 Å². The van der Waals surface area contributed by atoms with E-state index in [-0.39, 0.29) is 11.6 Å². The van der Waals surface area contributed by atoms with Crippen LogP contribution in [-0.2, 0) is 4.74 Å². The van der Waals surface area contributed by atoms with Gasteiger partial charge in [0.15, 0.2) is 5.82 Å². The highest BCUT2D eigenvalue weighted by Crippen LogP contribution is 2.37. The van der Waals surface area contributed by atoms with Gasteiger partial charge in [-0.15, -0.1) is 0 Å². The Balaban J connectivity index is 1.39. The molecule has 4 heterocycles. The third-order valence-electron chi connectivity index (χ3n) is 4.37. The summed E-state index contributed by atoms with van der Waals surface area (Å²) in [5, 5.41) is 3.22. The van der Waals surface area contributed by atoms with Crippen molar-refractivity contribution in [2.24, 2.45) is 0 Å². The van der Waals surface area contributed by atoms with Gasteiger partial charge < -0.3 is 15.0 Å². The summed E-state index contributed by atoms with van der Waals surface area (Å²) >= 11 is 0. The first-order chi connectivity index (χ1) is 11.2. The summed E-state index contributed by atoms with van der Waals surface area (Å²) in [6.45, 7) is 2.32. The zero-order valence-corrected chi connectivity index (χ0v) is 12.5. The Morgan fingerprint density at radius 3 is 2.96 bits per heavy atom. The molecule has 1 spiro atoms. The standard InChI is InChI=1S/C15H17FN6O/c16-11-6-18-14(19-7-11)21-12-5-15(23-8-12)2-4-22(9-15)13-1-3-17-10-20-13/h1,3,6-7,10,12H,2,4-5,8-9H2,(H,18,19,21)/t12-,15+/m0/s1. The zero-order chi connectivity index (χ0) is 15.7. The number of nitrogens with zero attached hydrogens (tertiary/aromatic N) is 5. The van der Waals surface area contributed by atoms with E-state index in [0.717, 1.165) is 44.1 Å². The molecule has 0 bridgehead atoms. The summed E-state index contributed by atoms with van der Waals surface area (Å²) in [6.07, 6.45) is 7.46. The van der Waals surface area contributed by atoms with Crippen LogP contribution < -0.4 is 10.2 Å².